The van der Waals surface area contributed by atoms with E-state index in [2.05, 4.69) is 5.32 Å². The summed E-state index contributed by atoms with van der Waals surface area (Å²) >= 11 is 5.67. The van der Waals surface area contributed by atoms with Gasteiger partial charge in [-0.1, -0.05) is 12.1 Å². The molecule has 0 heterocycles. The summed E-state index contributed by atoms with van der Waals surface area (Å²) in [6, 6.07) is 7.46. The summed E-state index contributed by atoms with van der Waals surface area (Å²) in [6.45, 7) is 6.41. The number of hydrogen-bond acceptors (Lipinski definition) is 3. The van der Waals surface area contributed by atoms with Crippen molar-refractivity contribution in [1.82, 2.24) is 5.32 Å². The average Bonchev–Trinajstić information content (AvgIpc) is 2.38. The van der Waals surface area contributed by atoms with Crippen molar-refractivity contribution < 1.29 is 14.3 Å². The molecule has 2 atom stereocenters. The van der Waals surface area contributed by atoms with Crippen molar-refractivity contribution >= 4 is 17.5 Å². The highest BCUT2D eigenvalue weighted by Gasteiger charge is 2.12. The van der Waals surface area contributed by atoms with Crippen LogP contribution in [0.3, 0.4) is 0 Å². The molecule has 0 saturated heterocycles. The molecule has 1 aromatic rings. The Hall–Kier alpha value is -1.42. The minimum Gasteiger partial charge on any atom is -0.490 e. The Morgan fingerprint density at radius 3 is 2.53 bits per heavy atom. The number of hydrogen-bond donors (Lipinski definition) is 1. The van der Waals surface area contributed by atoms with Gasteiger partial charge in [0.2, 0.25) is 5.91 Å². The first-order valence-electron chi connectivity index (χ1n) is 6.34. The summed E-state index contributed by atoms with van der Waals surface area (Å²) in [5, 5.41) is 2.18. The van der Waals surface area contributed by atoms with Crippen molar-refractivity contribution in [2.75, 3.05) is 13.2 Å². The second kappa shape index (κ2) is 7.89. The Labute approximate surface area is 119 Å². The van der Waals surface area contributed by atoms with Crippen LogP contribution in [0.25, 0.3) is 0 Å². The zero-order valence-corrected chi connectivity index (χ0v) is 12.2. The monoisotopic (exact) mass is 285 g/mol. The number of nitrogens with one attached hydrogen (secondary N) is 1. The molecule has 0 aliphatic rings. The van der Waals surface area contributed by atoms with Gasteiger partial charge in [0.25, 0.3) is 0 Å². The zero-order chi connectivity index (χ0) is 14.3. The number of amides is 1. The van der Waals surface area contributed by atoms with Crippen LogP contribution in [-0.2, 0) is 4.79 Å². The van der Waals surface area contributed by atoms with Gasteiger partial charge in [-0.2, -0.15) is 0 Å². The number of halogens is 1. The fraction of sp³-hybridized carbons (Fsp3) is 0.500. The van der Waals surface area contributed by atoms with E-state index in [0.717, 1.165) is 0 Å². The van der Waals surface area contributed by atoms with E-state index in [1.54, 1.807) is 6.92 Å². The van der Waals surface area contributed by atoms with E-state index in [9.17, 15) is 4.79 Å². The SMILES string of the molecule is CCOc1ccccc1OC(C)CNC(=O)C(C)Cl. The van der Waals surface area contributed by atoms with E-state index < -0.39 is 5.38 Å². The van der Waals surface area contributed by atoms with Gasteiger partial charge in [0, 0.05) is 0 Å². The third kappa shape index (κ3) is 5.39. The third-order valence-electron chi connectivity index (χ3n) is 2.40. The second-order valence-corrected chi connectivity index (χ2v) is 4.82. The van der Waals surface area contributed by atoms with Crippen molar-refractivity contribution in [2.45, 2.75) is 32.3 Å². The van der Waals surface area contributed by atoms with Gasteiger partial charge < -0.3 is 14.8 Å². The average molecular weight is 286 g/mol. The summed E-state index contributed by atoms with van der Waals surface area (Å²) in [5.74, 6) is 1.18. The Kier molecular flexibility index (Phi) is 6.50. The molecule has 0 aliphatic heterocycles. The molecule has 19 heavy (non-hydrogen) atoms. The van der Waals surface area contributed by atoms with Crippen LogP contribution in [-0.4, -0.2) is 30.5 Å². The van der Waals surface area contributed by atoms with Crippen LogP contribution in [0.15, 0.2) is 24.3 Å². The van der Waals surface area contributed by atoms with Gasteiger partial charge in [0.1, 0.15) is 11.5 Å². The molecule has 1 aromatic carbocycles. The van der Waals surface area contributed by atoms with Crippen LogP contribution in [0.5, 0.6) is 11.5 Å². The first kappa shape index (κ1) is 15.6. The summed E-state index contributed by atoms with van der Waals surface area (Å²) in [6.07, 6.45) is -0.166. The predicted octanol–water partition coefficient (Wildman–Crippen LogP) is 2.60. The van der Waals surface area contributed by atoms with Crippen molar-refractivity contribution in [3.05, 3.63) is 24.3 Å². The smallest absolute Gasteiger partial charge is 0.237 e. The molecule has 0 aliphatic carbocycles. The normalized spacial score (nSPS) is 13.5. The van der Waals surface area contributed by atoms with Gasteiger partial charge >= 0.3 is 0 Å². The van der Waals surface area contributed by atoms with Gasteiger partial charge in [-0.05, 0) is 32.9 Å². The van der Waals surface area contributed by atoms with E-state index in [4.69, 9.17) is 21.1 Å². The second-order valence-electron chi connectivity index (χ2n) is 4.17. The highest BCUT2D eigenvalue weighted by Crippen LogP contribution is 2.27. The highest BCUT2D eigenvalue weighted by atomic mass is 35.5. The van der Waals surface area contributed by atoms with Crippen LogP contribution < -0.4 is 14.8 Å². The minimum absolute atomic E-state index is 0.166. The molecule has 0 bridgehead atoms. The van der Waals surface area contributed by atoms with Crippen LogP contribution in [0.2, 0.25) is 0 Å². The molecular weight excluding hydrogens is 266 g/mol. The van der Waals surface area contributed by atoms with Crippen LogP contribution in [0.1, 0.15) is 20.8 Å². The van der Waals surface area contributed by atoms with Crippen molar-refractivity contribution in [3.63, 3.8) is 0 Å². The van der Waals surface area contributed by atoms with Crippen molar-refractivity contribution in [2.24, 2.45) is 0 Å². The quantitative estimate of drug-likeness (QED) is 0.784. The maximum absolute atomic E-state index is 11.3. The lowest BCUT2D eigenvalue weighted by Gasteiger charge is -2.18. The summed E-state index contributed by atoms with van der Waals surface area (Å²) < 4.78 is 11.2. The van der Waals surface area contributed by atoms with Gasteiger partial charge in [0.05, 0.1) is 13.2 Å². The van der Waals surface area contributed by atoms with Crippen LogP contribution in [0, 0.1) is 0 Å². The topological polar surface area (TPSA) is 47.6 Å². The highest BCUT2D eigenvalue weighted by molar-refractivity contribution is 6.30. The van der Waals surface area contributed by atoms with E-state index in [-0.39, 0.29) is 12.0 Å². The Bertz CT molecular complexity index is 409. The Morgan fingerprint density at radius 1 is 1.32 bits per heavy atom. The minimum atomic E-state index is -0.539. The molecule has 106 valence electrons. The summed E-state index contributed by atoms with van der Waals surface area (Å²) in [7, 11) is 0. The van der Waals surface area contributed by atoms with E-state index in [1.165, 1.54) is 0 Å². The predicted molar refractivity (Wildman–Crippen MR) is 76.0 cm³/mol. The molecule has 0 aromatic heterocycles. The Balaban J connectivity index is 2.52. The number of benzene rings is 1. The van der Waals surface area contributed by atoms with Crippen molar-refractivity contribution in [3.8, 4) is 11.5 Å². The van der Waals surface area contributed by atoms with Crippen molar-refractivity contribution in [1.29, 1.82) is 0 Å². The van der Waals surface area contributed by atoms with Gasteiger partial charge in [-0.25, -0.2) is 0 Å². The largest absolute Gasteiger partial charge is 0.490 e. The molecule has 4 nitrogen and oxygen atoms in total. The first-order valence-corrected chi connectivity index (χ1v) is 6.78. The maximum Gasteiger partial charge on any atom is 0.237 e. The number of carbonyl (C=O) groups is 1. The fourth-order valence-corrected chi connectivity index (χ4v) is 1.54. The third-order valence-corrected chi connectivity index (χ3v) is 2.60. The summed E-state index contributed by atoms with van der Waals surface area (Å²) in [4.78, 5) is 11.3. The molecule has 5 heteroatoms. The van der Waals surface area contributed by atoms with Gasteiger partial charge in [-0.3, -0.25) is 4.79 Å². The number of ether oxygens (including phenoxy) is 2. The first-order chi connectivity index (χ1) is 9.04. The molecule has 0 saturated carbocycles. The number of alkyl halides is 1. The lowest BCUT2D eigenvalue weighted by Crippen LogP contribution is -2.37. The van der Waals surface area contributed by atoms with E-state index in [1.807, 2.05) is 38.1 Å². The van der Waals surface area contributed by atoms with E-state index in [0.29, 0.717) is 24.7 Å². The zero-order valence-electron chi connectivity index (χ0n) is 11.5. The van der Waals surface area contributed by atoms with Crippen LogP contribution >= 0.6 is 11.6 Å². The fourth-order valence-electron chi connectivity index (χ4n) is 1.47. The molecule has 1 amide bonds. The van der Waals surface area contributed by atoms with Crippen LogP contribution in [0.4, 0.5) is 0 Å². The number of rotatable bonds is 7. The molecule has 1 N–H and O–H groups in total. The van der Waals surface area contributed by atoms with Gasteiger partial charge in [-0.15, -0.1) is 11.6 Å². The molecule has 0 fully saturated rings. The van der Waals surface area contributed by atoms with E-state index >= 15 is 0 Å². The number of para-hydroxylation sites is 2. The maximum atomic E-state index is 11.3. The number of carbonyl (C=O) groups excluding carboxylic acids is 1. The lowest BCUT2D eigenvalue weighted by molar-refractivity contribution is -0.120. The Morgan fingerprint density at radius 2 is 1.95 bits per heavy atom. The molecule has 0 radical (unpaired) electrons. The lowest BCUT2D eigenvalue weighted by atomic mass is 10.3. The van der Waals surface area contributed by atoms with Gasteiger partial charge in [0.15, 0.2) is 11.5 Å². The molecule has 1 rings (SSSR count). The molecular formula is C14H20ClNO3. The molecule has 0 spiro atoms. The molecule has 2 unspecified atom stereocenters. The summed E-state index contributed by atoms with van der Waals surface area (Å²) in [5.41, 5.74) is 0. The standard InChI is InChI=1S/C14H20ClNO3/c1-4-18-12-7-5-6-8-13(12)19-10(2)9-16-14(17)11(3)15/h5-8,10-11H,4,9H2,1-3H3,(H,16,17).